The number of likely N-dealkylation sites (N-methyl/N-ethyl adjacent to an activating group) is 1. The predicted octanol–water partition coefficient (Wildman–Crippen LogP) is 3.98. The molecule has 0 aliphatic carbocycles. The van der Waals surface area contributed by atoms with Crippen LogP contribution in [0, 0.1) is 11.6 Å². The summed E-state index contributed by atoms with van der Waals surface area (Å²) in [6.45, 7) is 3.08. The van der Waals surface area contributed by atoms with Gasteiger partial charge >= 0.3 is 6.01 Å². The molecule has 0 saturated carbocycles. The number of pyridine rings is 1. The van der Waals surface area contributed by atoms with Crippen LogP contribution in [0.2, 0.25) is 0 Å². The Bertz CT molecular complexity index is 1770. The van der Waals surface area contributed by atoms with Gasteiger partial charge in [0.1, 0.15) is 28.6 Å². The maximum Gasteiger partial charge on any atom is 0.318 e. The number of ether oxygens (including phenoxy) is 1. The molecule has 0 saturated heterocycles. The van der Waals surface area contributed by atoms with Crippen LogP contribution in [0.5, 0.6) is 11.8 Å². The quantitative estimate of drug-likeness (QED) is 0.330. The minimum Gasteiger partial charge on any atom is -0.508 e. The zero-order valence-corrected chi connectivity index (χ0v) is 23.8. The molecule has 12 heteroatoms. The van der Waals surface area contributed by atoms with Crippen molar-refractivity contribution in [1.29, 1.82) is 0 Å². The fourth-order valence-electron chi connectivity index (χ4n) is 5.15. The second-order valence-corrected chi connectivity index (χ2v) is 10.1. The number of aryl methyl sites for hydroxylation is 1. The Morgan fingerprint density at radius 2 is 2.02 bits per heavy atom. The van der Waals surface area contributed by atoms with E-state index in [4.69, 9.17) is 10.5 Å². The lowest BCUT2D eigenvalue weighted by Gasteiger charge is -2.24. The Hall–Kier alpha value is -4.87. The van der Waals surface area contributed by atoms with Crippen molar-refractivity contribution in [2.75, 3.05) is 45.7 Å². The average molecular weight is 576 g/mol. The number of aliphatic imine (C=N–C) groups is 1. The van der Waals surface area contributed by atoms with Crippen molar-refractivity contribution in [3.8, 4) is 23.0 Å². The van der Waals surface area contributed by atoms with Crippen LogP contribution in [-0.2, 0) is 11.2 Å². The third-order valence-corrected chi connectivity index (χ3v) is 7.12. The molecule has 1 aliphatic rings. The van der Waals surface area contributed by atoms with Crippen molar-refractivity contribution in [3.63, 3.8) is 0 Å². The molecule has 2 aromatic heterocycles. The number of aromatic nitrogens is 3. The summed E-state index contributed by atoms with van der Waals surface area (Å²) in [6.07, 6.45) is 4.02. The first-order chi connectivity index (χ1) is 20.1. The molecule has 1 aliphatic heterocycles. The van der Waals surface area contributed by atoms with E-state index in [1.54, 1.807) is 27.1 Å². The second-order valence-electron chi connectivity index (χ2n) is 10.1. The number of halogens is 2. The molecule has 3 heterocycles. The number of amides is 1. The largest absolute Gasteiger partial charge is 0.508 e. The third kappa shape index (κ3) is 5.27. The maximum absolute atomic E-state index is 16.4. The standard InChI is InChI=1S/C30H31F2N7O3/c1-5-19-22(31)8-7-16-11-18(40)13-20(24(16)19)26-25(32)27-21(14-35-26)28(37-30(36-27)42-4)39-10-6-9-34-17(15-39)12-23(33)29(41)38(2)3/h7-8,11-14,40H,5-6,9-10,15,33H2,1-4H3. The SMILES string of the molecule is CCc1c(F)ccc2cc(O)cc(-c3ncc4c(N5CCCN=C(C=C(N)C(=O)N(C)C)C5)nc(OC)nc4c3F)c12. The van der Waals surface area contributed by atoms with E-state index in [2.05, 4.69) is 19.9 Å². The topological polar surface area (TPSA) is 130 Å². The van der Waals surface area contributed by atoms with Gasteiger partial charge in [-0.15, -0.1) is 0 Å². The number of aromatic hydroxyl groups is 1. The van der Waals surface area contributed by atoms with Gasteiger partial charge in [-0.1, -0.05) is 13.0 Å². The smallest absolute Gasteiger partial charge is 0.318 e. The van der Waals surface area contributed by atoms with Gasteiger partial charge in [-0.05, 0) is 53.5 Å². The highest BCUT2D eigenvalue weighted by Crippen LogP contribution is 2.39. The first kappa shape index (κ1) is 28.7. The minimum absolute atomic E-state index is 0.0457. The molecule has 218 valence electrons. The number of hydrogen-bond acceptors (Lipinski definition) is 9. The van der Waals surface area contributed by atoms with Crippen LogP contribution in [0.3, 0.4) is 0 Å². The van der Waals surface area contributed by atoms with Gasteiger partial charge in [0.15, 0.2) is 5.82 Å². The van der Waals surface area contributed by atoms with Crippen LogP contribution in [0.25, 0.3) is 32.9 Å². The average Bonchev–Trinajstić information content (AvgIpc) is 3.21. The predicted molar refractivity (Wildman–Crippen MR) is 158 cm³/mol. The van der Waals surface area contributed by atoms with E-state index < -0.39 is 11.6 Å². The third-order valence-electron chi connectivity index (χ3n) is 7.12. The molecule has 5 rings (SSSR count). The van der Waals surface area contributed by atoms with Gasteiger partial charge in [-0.2, -0.15) is 9.97 Å². The van der Waals surface area contributed by atoms with Crippen LogP contribution in [-0.4, -0.2) is 77.4 Å². The van der Waals surface area contributed by atoms with Crippen LogP contribution in [0.4, 0.5) is 14.6 Å². The molecule has 0 unspecified atom stereocenters. The number of phenols is 1. The van der Waals surface area contributed by atoms with Crippen molar-refractivity contribution in [2.24, 2.45) is 10.7 Å². The molecule has 42 heavy (non-hydrogen) atoms. The lowest BCUT2D eigenvalue weighted by Crippen LogP contribution is -2.32. The van der Waals surface area contributed by atoms with E-state index in [0.29, 0.717) is 59.2 Å². The van der Waals surface area contributed by atoms with Crippen molar-refractivity contribution < 1.29 is 23.4 Å². The number of phenolic OH excluding ortho intramolecular Hbond substituents is 1. The number of nitrogens with two attached hydrogens (primary N) is 1. The highest BCUT2D eigenvalue weighted by Gasteiger charge is 2.24. The van der Waals surface area contributed by atoms with E-state index in [0.717, 1.165) is 0 Å². The molecule has 4 aromatic rings. The fourth-order valence-corrected chi connectivity index (χ4v) is 5.15. The normalized spacial score (nSPS) is 14.2. The Morgan fingerprint density at radius 3 is 2.74 bits per heavy atom. The molecule has 3 N–H and O–H groups in total. The molecule has 0 atom stereocenters. The molecule has 0 radical (unpaired) electrons. The number of anilines is 1. The van der Waals surface area contributed by atoms with Crippen LogP contribution < -0.4 is 15.4 Å². The Morgan fingerprint density at radius 1 is 1.24 bits per heavy atom. The molecule has 0 spiro atoms. The van der Waals surface area contributed by atoms with Crippen LogP contribution in [0.15, 0.2) is 47.2 Å². The molecular formula is C30H31F2N7O3. The summed E-state index contributed by atoms with van der Waals surface area (Å²) >= 11 is 0. The summed E-state index contributed by atoms with van der Waals surface area (Å²) < 4.78 is 36.5. The minimum atomic E-state index is -0.767. The van der Waals surface area contributed by atoms with Crippen LogP contribution >= 0.6 is 0 Å². The second kappa shape index (κ2) is 11.6. The van der Waals surface area contributed by atoms with Gasteiger partial charge in [0.25, 0.3) is 5.91 Å². The molecule has 1 amide bonds. The van der Waals surface area contributed by atoms with Crippen LogP contribution in [0.1, 0.15) is 18.9 Å². The fraction of sp³-hybridized carbons (Fsp3) is 0.300. The monoisotopic (exact) mass is 575 g/mol. The highest BCUT2D eigenvalue weighted by atomic mass is 19.1. The number of fused-ring (bicyclic) bond motifs is 2. The van der Waals surface area contributed by atoms with Gasteiger partial charge < -0.3 is 25.4 Å². The summed E-state index contributed by atoms with van der Waals surface area (Å²) in [4.78, 5) is 33.4. The first-order valence-corrected chi connectivity index (χ1v) is 13.4. The Balaban J connectivity index is 1.66. The summed E-state index contributed by atoms with van der Waals surface area (Å²) in [5, 5.41) is 11.8. The van der Waals surface area contributed by atoms with Gasteiger partial charge in [0, 0.05) is 38.9 Å². The summed E-state index contributed by atoms with van der Waals surface area (Å²) in [5.41, 5.74) is 7.12. The Labute approximate surface area is 241 Å². The zero-order valence-electron chi connectivity index (χ0n) is 23.8. The van der Waals surface area contributed by atoms with E-state index in [1.165, 1.54) is 42.5 Å². The van der Waals surface area contributed by atoms with Crippen molar-refractivity contribution >= 4 is 39.1 Å². The summed E-state index contributed by atoms with van der Waals surface area (Å²) in [7, 11) is 4.60. The number of rotatable bonds is 6. The molecule has 10 nitrogen and oxygen atoms in total. The molecular weight excluding hydrogens is 544 g/mol. The summed E-state index contributed by atoms with van der Waals surface area (Å²) in [5.74, 6) is -1.27. The van der Waals surface area contributed by atoms with Gasteiger partial charge in [0.05, 0.1) is 30.4 Å². The lowest BCUT2D eigenvalue weighted by atomic mass is 9.94. The number of hydrogen-bond donors (Lipinski definition) is 2. The molecule has 0 bridgehead atoms. The van der Waals surface area contributed by atoms with Gasteiger partial charge in [-0.25, -0.2) is 8.78 Å². The van der Waals surface area contributed by atoms with E-state index in [9.17, 15) is 14.3 Å². The zero-order chi connectivity index (χ0) is 30.1. The maximum atomic E-state index is 16.4. The van der Waals surface area contributed by atoms with Gasteiger partial charge in [-0.3, -0.25) is 14.8 Å². The number of nitrogens with zero attached hydrogens (tertiary/aromatic N) is 6. The Kier molecular flexibility index (Phi) is 7.88. The number of carbonyl (C=O) groups excluding carboxylic acids is 1. The van der Waals surface area contributed by atoms with Gasteiger partial charge in [0.2, 0.25) is 0 Å². The van der Waals surface area contributed by atoms with E-state index >= 15 is 4.39 Å². The molecule has 2 aromatic carbocycles. The van der Waals surface area contributed by atoms with E-state index in [-0.39, 0.29) is 46.7 Å². The number of benzene rings is 2. The number of carbonyl (C=O) groups is 1. The lowest BCUT2D eigenvalue weighted by molar-refractivity contribution is -0.124. The van der Waals surface area contributed by atoms with Crippen molar-refractivity contribution in [1.82, 2.24) is 19.9 Å². The first-order valence-electron chi connectivity index (χ1n) is 13.4. The highest BCUT2D eigenvalue weighted by molar-refractivity contribution is 6.06. The van der Waals surface area contributed by atoms with Crippen molar-refractivity contribution in [2.45, 2.75) is 19.8 Å². The van der Waals surface area contributed by atoms with E-state index in [1.807, 2.05) is 4.90 Å². The molecule has 0 fully saturated rings. The summed E-state index contributed by atoms with van der Waals surface area (Å²) in [6, 6.07) is 5.69. The van der Waals surface area contributed by atoms with Crippen molar-refractivity contribution in [3.05, 3.63) is 59.4 Å². The number of methoxy groups -OCH3 is 1.